The summed E-state index contributed by atoms with van der Waals surface area (Å²) in [6.45, 7) is 4.50. The third-order valence-corrected chi connectivity index (χ3v) is 3.80. The number of nitrogens with one attached hydrogen (secondary N) is 2. The van der Waals surface area contributed by atoms with Crippen molar-refractivity contribution in [1.82, 2.24) is 9.97 Å². The summed E-state index contributed by atoms with van der Waals surface area (Å²) in [5.41, 5.74) is 2.56. The van der Waals surface area contributed by atoms with Crippen LogP contribution >= 0.6 is 0 Å². The Bertz CT molecular complexity index is 488. The number of hydrogen-bond donors (Lipinski definition) is 2. The van der Waals surface area contributed by atoms with E-state index in [0.29, 0.717) is 5.95 Å². The van der Waals surface area contributed by atoms with Gasteiger partial charge in [-0.25, -0.2) is 4.98 Å². The van der Waals surface area contributed by atoms with Gasteiger partial charge in [0.05, 0.1) is 0 Å². The van der Waals surface area contributed by atoms with E-state index in [1.165, 1.54) is 25.7 Å². The van der Waals surface area contributed by atoms with Crippen molar-refractivity contribution >= 4 is 11.8 Å². The molecule has 0 amide bonds. The molecule has 5 nitrogen and oxygen atoms in total. The minimum atomic E-state index is 0.690. The number of allylic oxidation sites excluding steroid dienone is 1. The first kappa shape index (κ1) is 16.7. The van der Waals surface area contributed by atoms with Crippen molar-refractivity contribution in [2.45, 2.75) is 45.4 Å². The number of methoxy groups -OCH3 is 1. The van der Waals surface area contributed by atoms with E-state index in [9.17, 15) is 0 Å². The SMILES string of the molecule is COCCCNc1nc(C)cc(NCCC2=CCCCC2)n1. The van der Waals surface area contributed by atoms with Gasteiger partial charge in [-0.3, -0.25) is 0 Å². The lowest BCUT2D eigenvalue weighted by atomic mass is 9.97. The van der Waals surface area contributed by atoms with Crippen LogP contribution in [0.3, 0.4) is 0 Å². The molecule has 0 radical (unpaired) electrons. The van der Waals surface area contributed by atoms with Gasteiger partial charge in [0.1, 0.15) is 5.82 Å². The third kappa shape index (κ3) is 6.02. The summed E-state index contributed by atoms with van der Waals surface area (Å²) in [6, 6.07) is 2.00. The van der Waals surface area contributed by atoms with Gasteiger partial charge in [-0.1, -0.05) is 11.6 Å². The molecular weight excluding hydrogens is 276 g/mol. The minimum Gasteiger partial charge on any atom is -0.385 e. The molecule has 1 heterocycles. The molecular formula is C17H28N4O. The molecule has 2 rings (SSSR count). The van der Waals surface area contributed by atoms with Crippen molar-refractivity contribution in [2.75, 3.05) is 37.4 Å². The number of aryl methyl sites for hydroxylation is 1. The van der Waals surface area contributed by atoms with Gasteiger partial charge >= 0.3 is 0 Å². The Morgan fingerprint density at radius 1 is 1.18 bits per heavy atom. The Balaban J connectivity index is 1.79. The van der Waals surface area contributed by atoms with E-state index in [0.717, 1.165) is 44.0 Å². The van der Waals surface area contributed by atoms with Crippen molar-refractivity contribution in [3.8, 4) is 0 Å². The highest BCUT2D eigenvalue weighted by molar-refractivity contribution is 5.42. The van der Waals surface area contributed by atoms with Gasteiger partial charge in [0, 0.05) is 38.6 Å². The second-order valence-corrected chi connectivity index (χ2v) is 5.78. The molecule has 0 aliphatic heterocycles. The van der Waals surface area contributed by atoms with Crippen LogP contribution in [0.2, 0.25) is 0 Å². The molecule has 0 saturated carbocycles. The second-order valence-electron chi connectivity index (χ2n) is 5.78. The molecule has 22 heavy (non-hydrogen) atoms. The Hall–Kier alpha value is -1.62. The summed E-state index contributed by atoms with van der Waals surface area (Å²) in [5, 5.41) is 6.67. The zero-order chi connectivity index (χ0) is 15.6. The predicted molar refractivity (Wildman–Crippen MR) is 91.4 cm³/mol. The second kappa shape index (κ2) is 9.41. The van der Waals surface area contributed by atoms with Crippen LogP contribution in [-0.4, -0.2) is 36.8 Å². The van der Waals surface area contributed by atoms with Gasteiger partial charge in [-0.15, -0.1) is 0 Å². The third-order valence-electron chi connectivity index (χ3n) is 3.80. The van der Waals surface area contributed by atoms with Gasteiger partial charge in [0.2, 0.25) is 5.95 Å². The van der Waals surface area contributed by atoms with Crippen LogP contribution in [0.1, 0.15) is 44.2 Å². The zero-order valence-corrected chi connectivity index (χ0v) is 13.8. The van der Waals surface area contributed by atoms with E-state index in [2.05, 4.69) is 26.7 Å². The van der Waals surface area contributed by atoms with Crippen LogP contribution in [0.4, 0.5) is 11.8 Å². The molecule has 1 aromatic heterocycles. The van der Waals surface area contributed by atoms with Gasteiger partial charge in [0.25, 0.3) is 0 Å². The molecule has 1 aliphatic rings. The number of hydrogen-bond acceptors (Lipinski definition) is 5. The summed E-state index contributed by atoms with van der Waals surface area (Å²) in [5.74, 6) is 1.59. The maximum absolute atomic E-state index is 5.04. The Kier molecular flexibility index (Phi) is 7.16. The maximum Gasteiger partial charge on any atom is 0.224 e. The zero-order valence-electron chi connectivity index (χ0n) is 13.8. The minimum absolute atomic E-state index is 0.690. The van der Waals surface area contributed by atoms with Crippen molar-refractivity contribution in [2.24, 2.45) is 0 Å². The van der Waals surface area contributed by atoms with Crippen LogP contribution in [0.5, 0.6) is 0 Å². The van der Waals surface area contributed by atoms with Crippen LogP contribution in [0.15, 0.2) is 17.7 Å². The topological polar surface area (TPSA) is 59.1 Å². The summed E-state index contributed by atoms with van der Waals surface area (Å²) in [6.07, 6.45) is 9.66. The smallest absolute Gasteiger partial charge is 0.224 e. The number of ether oxygens (including phenoxy) is 1. The molecule has 0 saturated heterocycles. The summed E-state index contributed by atoms with van der Waals surface area (Å²) < 4.78 is 5.04. The van der Waals surface area contributed by atoms with E-state index in [4.69, 9.17) is 4.74 Å². The normalized spacial score (nSPS) is 14.5. The van der Waals surface area contributed by atoms with E-state index in [-0.39, 0.29) is 0 Å². The lowest BCUT2D eigenvalue weighted by Gasteiger charge is -2.14. The highest BCUT2D eigenvalue weighted by Crippen LogP contribution is 2.20. The number of anilines is 2. The first-order valence-electron chi connectivity index (χ1n) is 8.28. The molecule has 0 aromatic carbocycles. The van der Waals surface area contributed by atoms with Gasteiger partial charge in [-0.05, 0) is 45.4 Å². The predicted octanol–water partition coefficient (Wildman–Crippen LogP) is 3.54. The average Bonchev–Trinajstić information content (AvgIpc) is 2.52. The Morgan fingerprint density at radius 2 is 2.09 bits per heavy atom. The van der Waals surface area contributed by atoms with Gasteiger partial charge in [-0.2, -0.15) is 4.98 Å². The number of aromatic nitrogens is 2. The van der Waals surface area contributed by atoms with Crippen molar-refractivity contribution < 1.29 is 4.74 Å². The molecule has 0 atom stereocenters. The Morgan fingerprint density at radius 3 is 2.86 bits per heavy atom. The van der Waals surface area contributed by atoms with Crippen molar-refractivity contribution in [1.29, 1.82) is 0 Å². The molecule has 122 valence electrons. The van der Waals surface area contributed by atoms with E-state index in [1.54, 1.807) is 12.7 Å². The molecule has 0 fully saturated rings. The van der Waals surface area contributed by atoms with Gasteiger partial charge < -0.3 is 15.4 Å². The monoisotopic (exact) mass is 304 g/mol. The largest absolute Gasteiger partial charge is 0.385 e. The van der Waals surface area contributed by atoms with E-state index in [1.807, 2.05) is 13.0 Å². The highest BCUT2D eigenvalue weighted by atomic mass is 16.5. The number of rotatable bonds is 9. The first-order chi connectivity index (χ1) is 10.8. The molecule has 0 unspecified atom stereocenters. The van der Waals surface area contributed by atoms with Crippen LogP contribution in [0, 0.1) is 6.92 Å². The standard InChI is InChI=1S/C17H28N4O/c1-14-13-16(18-11-9-15-7-4-3-5-8-15)21-17(20-14)19-10-6-12-22-2/h7,13H,3-6,8-12H2,1-2H3,(H2,18,19,20,21). The quantitative estimate of drug-likeness (QED) is 0.540. The lowest BCUT2D eigenvalue weighted by molar-refractivity contribution is 0.197. The highest BCUT2D eigenvalue weighted by Gasteiger charge is 2.05. The van der Waals surface area contributed by atoms with E-state index < -0.39 is 0 Å². The fourth-order valence-electron chi connectivity index (χ4n) is 2.64. The van der Waals surface area contributed by atoms with E-state index >= 15 is 0 Å². The first-order valence-corrected chi connectivity index (χ1v) is 8.28. The summed E-state index contributed by atoms with van der Waals surface area (Å²) in [4.78, 5) is 8.94. The van der Waals surface area contributed by atoms with Crippen LogP contribution in [0.25, 0.3) is 0 Å². The fraction of sp³-hybridized carbons (Fsp3) is 0.647. The molecule has 2 N–H and O–H groups in total. The van der Waals surface area contributed by atoms with Crippen molar-refractivity contribution in [3.05, 3.63) is 23.4 Å². The van der Waals surface area contributed by atoms with Crippen LogP contribution < -0.4 is 10.6 Å². The summed E-state index contributed by atoms with van der Waals surface area (Å²) in [7, 11) is 1.72. The van der Waals surface area contributed by atoms with Crippen molar-refractivity contribution in [3.63, 3.8) is 0 Å². The molecule has 0 spiro atoms. The average molecular weight is 304 g/mol. The Labute approximate surface area is 133 Å². The fourth-order valence-corrected chi connectivity index (χ4v) is 2.64. The lowest BCUT2D eigenvalue weighted by Crippen LogP contribution is -2.11. The van der Waals surface area contributed by atoms with Crippen LogP contribution in [-0.2, 0) is 4.74 Å². The molecule has 0 bridgehead atoms. The molecule has 1 aliphatic carbocycles. The van der Waals surface area contributed by atoms with Gasteiger partial charge in [0.15, 0.2) is 0 Å². The molecule has 5 heteroatoms. The number of nitrogens with zero attached hydrogens (tertiary/aromatic N) is 2. The molecule has 1 aromatic rings. The maximum atomic E-state index is 5.04. The summed E-state index contributed by atoms with van der Waals surface area (Å²) >= 11 is 0.